The van der Waals surface area contributed by atoms with Gasteiger partial charge < -0.3 is 25.4 Å². The fourth-order valence-corrected chi connectivity index (χ4v) is 9.49. The predicted molar refractivity (Wildman–Crippen MR) is 246 cm³/mol. The Morgan fingerprint density at radius 3 is 2.29 bits per heavy atom. The van der Waals surface area contributed by atoms with Crippen LogP contribution in [-0.2, 0) is 29.6 Å². The van der Waals surface area contributed by atoms with Crippen molar-refractivity contribution in [1.82, 2.24) is 24.8 Å². The third kappa shape index (κ3) is 8.92. The van der Waals surface area contributed by atoms with E-state index in [1.165, 1.54) is 22.5 Å². The van der Waals surface area contributed by atoms with Gasteiger partial charge in [0, 0.05) is 91.8 Å². The number of pyridine rings is 2. The highest BCUT2D eigenvalue weighted by molar-refractivity contribution is 6.05. The zero-order valence-corrected chi connectivity index (χ0v) is 35.6. The van der Waals surface area contributed by atoms with Crippen molar-refractivity contribution in [3.63, 3.8) is 0 Å². The number of nitrogen functional groups attached to an aromatic ring is 1. The largest absolute Gasteiger partial charge is 0.384 e. The summed E-state index contributed by atoms with van der Waals surface area (Å²) in [6, 6.07) is 32.8. The number of aromatic nitrogens is 3. The van der Waals surface area contributed by atoms with E-state index in [1.54, 1.807) is 4.90 Å². The second-order valence-corrected chi connectivity index (χ2v) is 17.3. The van der Waals surface area contributed by atoms with Gasteiger partial charge in [-0.1, -0.05) is 24.3 Å². The minimum atomic E-state index is -0.383. The standard InChI is InChI=1S/C50H55N9O3/c1-56-42(30-44-43(19-24-52-48(44)56)38-9-17-46(51)53-31-38)32-58-25-22-36(23-26-58)35-5-7-37(8-6-35)50(62)57(2)40-12-3-33(4-13-40)29-34-20-27-59(28-21-34)41-14-10-39(11-15-41)54-45-16-18-47(60)55-49(45)61/h3-15,17,19,24,30-31,34,36,45,54H,16,18,20-23,25-29,32H2,1-2H3,(H2,51,53)(H,55,60,61). The molecule has 3 aliphatic rings. The molecule has 0 bridgehead atoms. The summed E-state index contributed by atoms with van der Waals surface area (Å²) < 4.78 is 2.21. The number of fused-ring (bicyclic) bond motifs is 1. The molecule has 0 spiro atoms. The number of anilines is 4. The molecule has 318 valence electrons. The van der Waals surface area contributed by atoms with Gasteiger partial charge in [-0.05, 0) is 153 Å². The van der Waals surface area contributed by atoms with Crippen LogP contribution in [0.25, 0.3) is 22.2 Å². The highest BCUT2D eigenvalue weighted by atomic mass is 16.2. The lowest BCUT2D eigenvalue weighted by atomic mass is 9.89. The van der Waals surface area contributed by atoms with Gasteiger partial charge in [0.2, 0.25) is 11.8 Å². The summed E-state index contributed by atoms with van der Waals surface area (Å²) in [4.78, 5) is 52.9. The first-order valence-corrected chi connectivity index (χ1v) is 21.9. The van der Waals surface area contributed by atoms with Crippen molar-refractivity contribution in [3.05, 3.63) is 132 Å². The number of nitrogens with one attached hydrogen (secondary N) is 2. The van der Waals surface area contributed by atoms with E-state index in [-0.39, 0.29) is 23.8 Å². The number of carbonyl (C=O) groups excluding carboxylic acids is 3. The first kappa shape index (κ1) is 40.9. The van der Waals surface area contributed by atoms with E-state index < -0.39 is 0 Å². The molecule has 12 nitrogen and oxygen atoms in total. The first-order valence-electron chi connectivity index (χ1n) is 21.9. The number of carbonyl (C=O) groups is 3. The molecule has 0 saturated carbocycles. The predicted octanol–water partition coefficient (Wildman–Crippen LogP) is 7.55. The van der Waals surface area contributed by atoms with E-state index in [1.807, 2.05) is 61.9 Å². The second-order valence-electron chi connectivity index (χ2n) is 17.3. The number of piperidine rings is 3. The molecule has 6 heterocycles. The summed E-state index contributed by atoms with van der Waals surface area (Å²) in [5.41, 5.74) is 16.4. The third-order valence-electron chi connectivity index (χ3n) is 13.3. The van der Waals surface area contributed by atoms with Gasteiger partial charge in [-0.25, -0.2) is 9.97 Å². The van der Waals surface area contributed by atoms with Crippen molar-refractivity contribution < 1.29 is 14.4 Å². The molecular weight excluding hydrogens is 775 g/mol. The number of likely N-dealkylation sites (tertiary alicyclic amines) is 1. The van der Waals surface area contributed by atoms with Crippen molar-refractivity contribution in [2.24, 2.45) is 13.0 Å². The number of benzene rings is 3. The zero-order valence-electron chi connectivity index (χ0n) is 35.6. The monoisotopic (exact) mass is 829 g/mol. The number of nitrogens with zero attached hydrogens (tertiary/aromatic N) is 6. The molecule has 3 aromatic carbocycles. The number of rotatable bonds is 11. The molecule has 4 N–H and O–H groups in total. The molecule has 3 amide bonds. The van der Waals surface area contributed by atoms with Gasteiger partial charge in [-0.2, -0.15) is 0 Å². The highest BCUT2D eigenvalue weighted by Gasteiger charge is 2.27. The maximum atomic E-state index is 13.6. The summed E-state index contributed by atoms with van der Waals surface area (Å²) >= 11 is 0. The average molecular weight is 830 g/mol. The van der Waals surface area contributed by atoms with Crippen molar-refractivity contribution in [2.45, 2.75) is 63.5 Å². The smallest absolute Gasteiger partial charge is 0.258 e. The molecule has 3 aromatic heterocycles. The summed E-state index contributed by atoms with van der Waals surface area (Å²) in [6.07, 6.45) is 9.95. The summed E-state index contributed by atoms with van der Waals surface area (Å²) in [6.45, 7) is 4.88. The first-order chi connectivity index (χ1) is 30.1. The van der Waals surface area contributed by atoms with Crippen LogP contribution in [0.3, 0.4) is 0 Å². The van der Waals surface area contributed by atoms with Gasteiger partial charge in [0.25, 0.3) is 5.91 Å². The Balaban J connectivity index is 0.729. The molecule has 0 aliphatic carbocycles. The molecule has 6 aromatic rings. The van der Waals surface area contributed by atoms with E-state index in [9.17, 15) is 14.4 Å². The number of amides is 3. The van der Waals surface area contributed by atoms with Gasteiger partial charge in [0.1, 0.15) is 17.5 Å². The van der Waals surface area contributed by atoms with Crippen LogP contribution >= 0.6 is 0 Å². The number of aryl methyl sites for hydroxylation is 1. The molecular formula is C50H55N9O3. The van der Waals surface area contributed by atoms with E-state index in [4.69, 9.17) is 10.7 Å². The minimum Gasteiger partial charge on any atom is -0.384 e. The van der Waals surface area contributed by atoms with Crippen LogP contribution < -0.4 is 26.2 Å². The van der Waals surface area contributed by atoms with Crippen molar-refractivity contribution in [3.8, 4) is 11.1 Å². The Hall–Kier alpha value is -6.53. The Kier molecular flexibility index (Phi) is 11.7. The summed E-state index contributed by atoms with van der Waals surface area (Å²) in [7, 11) is 3.96. The van der Waals surface area contributed by atoms with Crippen molar-refractivity contribution in [1.29, 1.82) is 0 Å². The lowest BCUT2D eigenvalue weighted by Crippen LogP contribution is -2.47. The zero-order chi connectivity index (χ0) is 42.7. The number of hydrogen-bond donors (Lipinski definition) is 3. The Morgan fingerprint density at radius 1 is 0.855 bits per heavy atom. The molecule has 3 fully saturated rings. The Bertz CT molecular complexity index is 2540. The maximum Gasteiger partial charge on any atom is 0.258 e. The SMILES string of the molecule is CN(C(=O)c1ccc(C2CCN(Cc3cc4c(-c5ccc(N)nc5)ccnc4n3C)CC2)cc1)c1ccc(CC2CCN(c3ccc(NC4CCC(=O)NC4=O)cc3)CC2)cc1. The molecule has 12 heteroatoms. The molecule has 62 heavy (non-hydrogen) atoms. The quantitative estimate of drug-likeness (QED) is 0.113. The average Bonchev–Trinajstić information content (AvgIpc) is 3.62. The molecule has 9 rings (SSSR count). The van der Waals surface area contributed by atoms with Crippen molar-refractivity contribution >= 4 is 51.6 Å². The summed E-state index contributed by atoms with van der Waals surface area (Å²) in [5.74, 6) is 1.11. The fraction of sp³-hybridized carbons (Fsp3) is 0.340. The molecule has 1 atom stereocenters. The van der Waals surface area contributed by atoms with E-state index in [2.05, 4.69) is 91.6 Å². The Morgan fingerprint density at radius 2 is 1.60 bits per heavy atom. The molecule has 1 unspecified atom stereocenters. The number of nitrogens with two attached hydrogens (primary N) is 1. The van der Waals surface area contributed by atoms with Gasteiger partial charge in [-0.3, -0.25) is 24.6 Å². The lowest BCUT2D eigenvalue weighted by molar-refractivity contribution is -0.133. The molecule has 0 radical (unpaired) electrons. The van der Waals surface area contributed by atoms with E-state index in [0.717, 1.165) is 98.4 Å². The van der Waals surface area contributed by atoms with Crippen LogP contribution in [0.2, 0.25) is 0 Å². The summed E-state index contributed by atoms with van der Waals surface area (Å²) in [5, 5.41) is 6.79. The molecule has 3 aliphatic heterocycles. The van der Waals surface area contributed by atoms with Crippen LogP contribution in [0, 0.1) is 5.92 Å². The van der Waals surface area contributed by atoms with E-state index in [0.29, 0.717) is 36.1 Å². The maximum absolute atomic E-state index is 13.6. The van der Waals surface area contributed by atoms with E-state index >= 15 is 0 Å². The number of hydrogen-bond acceptors (Lipinski definition) is 9. The fourth-order valence-electron chi connectivity index (χ4n) is 9.49. The van der Waals surface area contributed by atoms with Gasteiger partial charge in [0.15, 0.2) is 0 Å². The highest BCUT2D eigenvalue weighted by Crippen LogP contribution is 2.33. The molecule has 3 saturated heterocycles. The Labute approximate surface area is 363 Å². The second kappa shape index (κ2) is 17.8. The van der Waals surface area contributed by atoms with Gasteiger partial charge >= 0.3 is 0 Å². The lowest BCUT2D eigenvalue weighted by Gasteiger charge is -2.34. The number of imide groups is 1. The van der Waals surface area contributed by atoms with Crippen LogP contribution in [0.4, 0.5) is 22.9 Å². The van der Waals surface area contributed by atoms with Crippen LogP contribution in [0.5, 0.6) is 0 Å². The van der Waals surface area contributed by atoms with Crippen LogP contribution in [-0.4, -0.2) is 76.4 Å². The topological polar surface area (TPSA) is 142 Å². The van der Waals surface area contributed by atoms with Crippen LogP contribution in [0.15, 0.2) is 109 Å². The van der Waals surface area contributed by atoms with Crippen LogP contribution in [0.1, 0.15) is 71.6 Å². The minimum absolute atomic E-state index is 0.00784. The van der Waals surface area contributed by atoms with Gasteiger partial charge in [0.05, 0.1) is 0 Å². The third-order valence-corrected chi connectivity index (χ3v) is 13.3. The van der Waals surface area contributed by atoms with Crippen molar-refractivity contribution in [2.75, 3.05) is 54.1 Å². The normalized spacial score (nSPS) is 17.9. The van der Waals surface area contributed by atoms with Gasteiger partial charge in [-0.15, -0.1) is 0 Å².